The van der Waals surface area contributed by atoms with Crippen molar-refractivity contribution < 1.29 is 14.3 Å². The lowest BCUT2D eigenvalue weighted by Gasteiger charge is -2.22. The van der Waals surface area contributed by atoms with E-state index in [4.69, 9.17) is 16.3 Å². The minimum Gasteiger partial charge on any atom is -0.497 e. The second kappa shape index (κ2) is 7.84. The van der Waals surface area contributed by atoms with Gasteiger partial charge in [-0.3, -0.25) is 9.59 Å². The van der Waals surface area contributed by atoms with Gasteiger partial charge in [-0.1, -0.05) is 23.7 Å². The standard InChI is InChI=1S/C21H21ClN2O3/c1-4-23(5-2)15-8-10-16(11-9-15)24-20(25)18(19(22)21(24)26)14-6-12-17(27-3)13-7-14/h6-13H,4-5H2,1-3H3. The fourth-order valence-corrected chi connectivity index (χ4v) is 3.42. The fraction of sp³-hybridized carbons (Fsp3) is 0.238. The van der Waals surface area contributed by atoms with Gasteiger partial charge in [0.2, 0.25) is 0 Å². The Bertz CT molecular complexity index is 885. The molecule has 2 amide bonds. The fourth-order valence-electron chi connectivity index (χ4n) is 3.15. The van der Waals surface area contributed by atoms with Crippen LogP contribution in [0.15, 0.2) is 53.6 Å². The molecule has 0 saturated carbocycles. The van der Waals surface area contributed by atoms with Crippen molar-refractivity contribution in [2.45, 2.75) is 13.8 Å². The highest BCUT2D eigenvalue weighted by molar-refractivity contribution is 6.60. The number of methoxy groups -OCH3 is 1. The molecule has 1 aliphatic heterocycles. The molecule has 0 fully saturated rings. The van der Waals surface area contributed by atoms with Gasteiger partial charge in [0.15, 0.2) is 0 Å². The van der Waals surface area contributed by atoms with E-state index >= 15 is 0 Å². The zero-order valence-corrected chi connectivity index (χ0v) is 16.3. The molecule has 1 aliphatic rings. The first-order chi connectivity index (χ1) is 13.0. The van der Waals surface area contributed by atoms with E-state index in [-0.39, 0.29) is 10.6 Å². The largest absolute Gasteiger partial charge is 0.497 e. The molecule has 0 unspecified atom stereocenters. The van der Waals surface area contributed by atoms with Crippen molar-refractivity contribution in [3.05, 3.63) is 59.1 Å². The Morgan fingerprint density at radius 3 is 2.04 bits per heavy atom. The molecule has 0 bridgehead atoms. The van der Waals surface area contributed by atoms with Crippen LogP contribution in [-0.2, 0) is 9.59 Å². The van der Waals surface area contributed by atoms with Crippen molar-refractivity contribution in [3.63, 3.8) is 0 Å². The number of anilines is 2. The summed E-state index contributed by atoms with van der Waals surface area (Å²) in [5.74, 6) is -0.273. The lowest BCUT2D eigenvalue weighted by Crippen LogP contribution is -2.31. The van der Waals surface area contributed by atoms with E-state index in [0.29, 0.717) is 17.0 Å². The van der Waals surface area contributed by atoms with Crippen LogP contribution in [0.1, 0.15) is 19.4 Å². The van der Waals surface area contributed by atoms with Gasteiger partial charge in [-0.2, -0.15) is 0 Å². The molecule has 3 rings (SSSR count). The third-order valence-corrected chi connectivity index (χ3v) is 4.99. The number of amides is 2. The van der Waals surface area contributed by atoms with Crippen LogP contribution in [-0.4, -0.2) is 32.0 Å². The van der Waals surface area contributed by atoms with E-state index in [2.05, 4.69) is 18.7 Å². The molecule has 27 heavy (non-hydrogen) atoms. The van der Waals surface area contributed by atoms with Crippen molar-refractivity contribution in [1.82, 2.24) is 0 Å². The first kappa shape index (κ1) is 19.0. The van der Waals surface area contributed by atoms with Gasteiger partial charge >= 0.3 is 0 Å². The molecule has 2 aromatic carbocycles. The molecule has 5 nitrogen and oxygen atoms in total. The summed E-state index contributed by atoms with van der Waals surface area (Å²) in [5.41, 5.74) is 2.33. The Morgan fingerprint density at radius 1 is 0.926 bits per heavy atom. The Kier molecular flexibility index (Phi) is 5.51. The zero-order valence-electron chi connectivity index (χ0n) is 15.5. The van der Waals surface area contributed by atoms with Crippen LogP contribution >= 0.6 is 11.6 Å². The van der Waals surface area contributed by atoms with Crippen LogP contribution < -0.4 is 14.5 Å². The smallest absolute Gasteiger partial charge is 0.277 e. The molecule has 0 atom stereocenters. The maximum atomic E-state index is 12.9. The van der Waals surface area contributed by atoms with Gasteiger partial charge in [0.05, 0.1) is 18.4 Å². The molecule has 0 aliphatic carbocycles. The Morgan fingerprint density at radius 2 is 1.52 bits per heavy atom. The third-order valence-electron chi connectivity index (χ3n) is 4.64. The van der Waals surface area contributed by atoms with Gasteiger partial charge in [0.25, 0.3) is 11.8 Å². The Balaban J connectivity index is 1.91. The van der Waals surface area contributed by atoms with Crippen molar-refractivity contribution in [1.29, 1.82) is 0 Å². The molecule has 0 aromatic heterocycles. The Hall–Kier alpha value is -2.79. The SMILES string of the molecule is CCN(CC)c1ccc(N2C(=O)C(Cl)=C(c3ccc(OC)cc3)C2=O)cc1. The molecular weight excluding hydrogens is 364 g/mol. The monoisotopic (exact) mass is 384 g/mol. The van der Waals surface area contributed by atoms with E-state index in [1.807, 2.05) is 12.1 Å². The second-order valence-electron chi connectivity index (χ2n) is 6.05. The number of benzene rings is 2. The van der Waals surface area contributed by atoms with Crippen LogP contribution in [0.4, 0.5) is 11.4 Å². The molecule has 0 spiro atoms. The number of nitrogens with zero attached hydrogens (tertiary/aromatic N) is 2. The maximum Gasteiger partial charge on any atom is 0.277 e. The lowest BCUT2D eigenvalue weighted by atomic mass is 10.1. The first-order valence-electron chi connectivity index (χ1n) is 8.79. The van der Waals surface area contributed by atoms with Gasteiger partial charge < -0.3 is 9.64 Å². The number of halogens is 1. The van der Waals surface area contributed by atoms with Crippen molar-refractivity contribution >= 4 is 40.4 Å². The molecule has 6 heteroatoms. The van der Waals surface area contributed by atoms with Crippen LogP contribution in [0.25, 0.3) is 5.57 Å². The van der Waals surface area contributed by atoms with Gasteiger partial charge in [-0.25, -0.2) is 4.90 Å². The molecule has 0 N–H and O–H groups in total. The minimum absolute atomic E-state index is 0.0713. The van der Waals surface area contributed by atoms with E-state index in [9.17, 15) is 9.59 Å². The van der Waals surface area contributed by atoms with E-state index in [1.165, 1.54) is 0 Å². The molecule has 0 radical (unpaired) electrons. The topological polar surface area (TPSA) is 49.9 Å². The second-order valence-corrected chi connectivity index (χ2v) is 6.43. The van der Waals surface area contributed by atoms with Crippen LogP contribution in [0.5, 0.6) is 5.75 Å². The third kappa shape index (κ3) is 3.43. The average Bonchev–Trinajstić information content (AvgIpc) is 2.92. The van der Waals surface area contributed by atoms with E-state index in [0.717, 1.165) is 23.7 Å². The summed E-state index contributed by atoms with van der Waals surface area (Å²) in [7, 11) is 1.56. The quantitative estimate of drug-likeness (QED) is 0.704. The normalized spacial score (nSPS) is 14.1. The van der Waals surface area contributed by atoms with E-state index in [1.54, 1.807) is 43.5 Å². The van der Waals surface area contributed by atoms with Crippen LogP contribution in [0.3, 0.4) is 0 Å². The highest BCUT2D eigenvalue weighted by Crippen LogP contribution is 2.35. The molecule has 2 aromatic rings. The van der Waals surface area contributed by atoms with Crippen LogP contribution in [0, 0.1) is 0 Å². The predicted octanol–water partition coefficient (Wildman–Crippen LogP) is 4.06. The summed E-state index contributed by atoms with van der Waals surface area (Å²) in [6.45, 7) is 5.92. The number of hydrogen-bond donors (Lipinski definition) is 0. The Labute approximate surface area is 163 Å². The predicted molar refractivity (Wildman–Crippen MR) is 108 cm³/mol. The molecular formula is C21H21ClN2O3. The highest BCUT2D eigenvalue weighted by Gasteiger charge is 2.39. The van der Waals surface area contributed by atoms with E-state index < -0.39 is 11.8 Å². The van der Waals surface area contributed by atoms with Crippen molar-refractivity contribution in [2.24, 2.45) is 0 Å². The van der Waals surface area contributed by atoms with Crippen molar-refractivity contribution in [2.75, 3.05) is 30.0 Å². The average molecular weight is 385 g/mol. The molecule has 1 heterocycles. The van der Waals surface area contributed by atoms with Crippen LogP contribution in [0.2, 0.25) is 0 Å². The number of ether oxygens (including phenoxy) is 1. The van der Waals surface area contributed by atoms with Gasteiger partial charge in [0.1, 0.15) is 10.8 Å². The lowest BCUT2D eigenvalue weighted by molar-refractivity contribution is -0.119. The number of rotatable bonds is 6. The minimum atomic E-state index is -0.511. The van der Waals surface area contributed by atoms with Gasteiger partial charge in [0, 0.05) is 18.8 Å². The maximum absolute atomic E-state index is 12.9. The molecule has 0 saturated heterocycles. The summed E-state index contributed by atoms with van der Waals surface area (Å²) in [4.78, 5) is 28.9. The summed E-state index contributed by atoms with van der Waals surface area (Å²) in [5, 5.41) is -0.0713. The summed E-state index contributed by atoms with van der Waals surface area (Å²) >= 11 is 6.23. The number of carbonyl (C=O) groups excluding carboxylic acids is 2. The number of hydrogen-bond acceptors (Lipinski definition) is 4. The number of imide groups is 1. The van der Waals surface area contributed by atoms with Gasteiger partial charge in [-0.15, -0.1) is 0 Å². The summed E-state index contributed by atoms with van der Waals surface area (Å²) < 4.78 is 5.13. The zero-order chi connectivity index (χ0) is 19.6. The van der Waals surface area contributed by atoms with Crippen molar-refractivity contribution in [3.8, 4) is 5.75 Å². The first-order valence-corrected chi connectivity index (χ1v) is 9.17. The number of carbonyl (C=O) groups is 2. The molecule has 140 valence electrons. The highest BCUT2D eigenvalue weighted by atomic mass is 35.5. The summed E-state index contributed by atoms with van der Waals surface area (Å²) in [6, 6.07) is 14.2. The van der Waals surface area contributed by atoms with Gasteiger partial charge in [-0.05, 0) is 55.8 Å². The summed E-state index contributed by atoms with van der Waals surface area (Å²) in [6.07, 6.45) is 0.